The summed E-state index contributed by atoms with van der Waals surface area (Å²) in [4.78, 5) is 21.0. The van der Waals surface area contributed by atoms with Gasteiger partial charge >= 0.3 is 5.97 Å². The number of rotatable bonds is 4. The molecule has 5 nitrogen and oxygen atoms in total. The van der Waals surface area contributed by atoms with Crippen LogP contribution in [0.2, 0.25) is 0 Å². The van der Waals surface area contributed by atoms with Crippen LogP contribution in [0.5, 0.6) is 0 Å². The van der Waals surface area contributed by atoms with Gasteiger partial charge in [-0.15, -0.1) is 0 Å². The highest BCUT2D eigenvalue weighted by atomic mass is 19.1. The molecule has 2 heterocycles. The number of carboxylic acid groups (broad SMARTS) is 1. The highest BCUT2D eigenvalue weighted by Crippen LogP contribution is 2.37. The van der Waals surface area contributed by atoms with E-state index in [1.165, 1.54) is 6.33 Å². The second-order valence-corrected chi connectivity index (χ2v) is 4.76. The molecule has 1 unspecified atom stereocenters. The summed E-state index contributed by atoms with van der Waals surface area (Å²) in [7, 11) is 0. The Balaban J connectivity index is 2.49. The quantitative estimate of drug-likeness (QED) is 0.904. The van der Waals surface area contributed by atoms with E-state index in [0.29, 0.717) is 31.5 Å². The van der Waals surface area contributed by atoms with Crippen molar-refractivity contribution in [1.82, 2.24) is 9.97 Å². The second kappa shape index (κ2) is 5.11. The van der Waals surface area contributed by atoms with E-state index >= 15 is 0 Å². The monoisotopic (exact) mass is 267 g/mol. The Morgan fingerprint density at radius 3 is 2.84 bits per heavy atom. The number of aromatic nitrogens is 2. The van der Waals surface area contributed by atoms with E-state index in [1.807, 2.05) is 13.8 Å². The summed E-state index contributed by atoms with van der Waals surface area (Å²) >= 11 is 0. The number of nitrogens with zero attached hydrogens (tertiary/aromatic N) is 3. The summed E-state index contributed by atoms with van der Waals surface area (Å²) in [5.41, 5.74) is -0.715. The fourth-order valence-corrected chi connectivity index (χ4v) is 2.76. The molecule has 1 aromatic heterocycles. The first-order valence-electron chi connectivity index (χ1n) is 6.57. The van der Waals surface area contributed by atoms with Gasteiger partial charge in [0, 0.05) is 6.54 Å². The predicted molar refractivity (Wildman–Crippen MR) is 68.6 cm³/mol. The van der Waals surface area contributed by atoms with Crippen LogP contribution in [0, 0.1) is 5.82 Å². The van der Waals surface area contributed by atoms with Crippen molar-refractivity contribution in [3.63, 3.8) is 0 Å². The average molecular weight is 267 g/mol. The van der Waals surface area contributed by atoms with Gasteiger partial charge in [0.1, 0.15) is 11.9 Å². The molecule has 0 aliphatic carbocycles. The minimum absolute atomic E-state index is 0.119. The first-order chi connectivity index (χ1) is 9.06. The lowest BCUT2D eigenvalue weighted by Crippen LogP contribution is -2.51. The van der Waals surface area contributed by atoms with Crippen molar-refractivity contribution in [2.75, 3.05) is 11.4 Å². The number of aryl methyl sites for hydroxylation is 1. The number of carboxylic acids is 1. The molecule has 2 rings (SSSR count). The summed E-state index contributed by atoms with van der Waals surface area (Å²) in [5.74, 6) is -1.29. The molecular formula is C13H18FN3O2. The molecule has 1 aliphatic heterocycles. The molecule has 1 fully saturated rings. The SMILES string of the molecule is CCc1ncnc(N2CCCC2(CC)C(=O)O)c1F. The predicted octanol–water partition coefficient (Wildman–Crippen LogP) is 2.01. The maximum absolute atomic E-state index is 14.3. The van der Waals surface area contributed by atoms with Gasteiger partial charge in [0.15, 0.2) is 11.6 Å². The molecule has 1 aliphatic rings. The number of anilines is 1. The zero-order valence-corrected chi connectivity index (χ0v) is 11.2. The standard InChI is InChI=1S/C13H18FN3O2/c1-3-9-10(14)11(16-8-15-9)17-7-5-6-13(17,4-2)12(18)19/h8H,3-7H2,1-2H3,(H,18,19). The lowest BCUT2D eigenvalue weighted by molar-refractivity contribution is -0.143. The van der Waals surface area contributed by atoms with Crippen LogP contribution in [0.3, 0.4) is 0 Å². The van der Waals surface area contributed by atoms with Crippen LogP contribution in [0.25, 0.3) is 0 Å². The van der Waals surface area contributed by atoms with Gasteiger partial charge < -0.3 is 10.0 Å². The lowest BCUT2D eigenvalue weighted by Gasteiger charge is -2.34. The van der Waals surface area contributed by atoms with Crippen molar-refractivity contribution in [2.45, 2.75) is 45.1 Å². The van der Waals surface area contributed by atoms with Gasteiger partial charge in [0.2, 0.25) is 0 Å². The van der Waals surface area contributed by atoms with Crippen LogP contribution in [-0.4, -0.2) is 33.1 Å². The highest BCUT2D eigenvalue weighted by Gasteiger charge is 2.47. The molecule has 0 spiro atoms. The summed E-state index contributed by atoms with van der Waals surface area (Å²) < 4.78 is 14.3. The summed E-state index contributed by atoms with van der Waals surface area (Å²) in [6.07, 6.45) is 3.43. The number of hydrogen-bond donors (Lipinski definition) is 1. The van der Waals surface area contributed by atoms with Crippen molar-refractivity contribution in [3.8, 4) is 0 Å². The largest absolute Gasteiger partial charge is 0.479 e. The molecule has 1 aromatic rings. The molecule has 0 saturated carbocycles. The van der Waals surface area contributed by atoms with Crippen molar-refractivity contribution >= 4 is 11.8 Å². The van der Waals surface area contributed by atoms with Gasteiger partial charge in [-0.1, -0.05) is 13.8 Å². The van der Waals surface area contributed by atoms with Gasteiger partial charge in [0.05, 0.1) is 5.69 Å². The molecule has 1 N–H and O–H groups in total. The van der Waals surface area contributed by atoms with Crippen molar-refractivity contribution in [3.05, 3.63) is 17.8 Å². The molecule has 0 radical (unpaired) electrons. The minimum atomic E-state index is -1.04. The second-order valence-electron chi connectivity index (χ2n) is 4.76. The van der Waals surface area contributed by atoms with Crippen LogP contribution in [0.1, 0.15) is 38.8 Å². The Hall–Kier alpha value is -1.72. The Morgan fingerprint density at radius 2 is 2.26 bits per heavy atom. The van der Waals surface area contributed by atoms with Crippen molar-refractivity contribution < 1.29 is 14.3 Å². The maximum Gasteiger partial charge on any atom is 0.329 e. The zero-order chi connectivity index (χ0) is 14.0. The van der Waals surface area contributed by atoms with Crippen LogP contribution in [0.15, 0.2) is 6.33 Å². The average Bonchev–Trinajstić information content (AvgIpc) is 2.84. The third-order valence-electron chi connectivity index (χ3n) is 3.91. The molecule has 1 atom stereocenters. The number of halogens is 1. The van der Waals surface area contributed by atoms with Crippen LogP contribution < -0.4 is 4.90 Å². The first kappa shape index (κ1) is 13.7. The molecular weight excluding hydrogens is 249 g/mol. The molecule has 19 heavy (non-hydrogen) atoms. The Labute approximate surface area is 111 Å². The Morgan fingerprint density at radius 1 is 1.53 bits per heavy atom. The first-order valence-corrected chi connectivity index (χ1v) is 6.57. The van der Waals surface area contributed by atoms with Gasteiger partial charge in [-0.3, -0.25) is 0 Å². The van der Waals surface area contributed by atoms with Gasteiger partial charge in [0.25, 0.3) is 0 Å². The maximum atomic E-state index is 14.3. The number of carbonyl (C=O) groups is 1. The lowest BCUT2D eigenvalue weighted by atomic mass is 9.93. The van der Waals surface area contributed by atoms with Gasteiger partial charge in [-0.05, 0) is 25.7 Å². The topological polar surface area (TPSA) is 66.3 Å². The normalized spacial score (nSPS) is 22.8. The molecule has 0 bridgehead atoms. The number of aliphatic carboxylic acids is 1. The minimum Gasteiger partial charge on any atom is -0.479 e. The van der Waals surface area contributed by atoms with E-state index in [0.717, 1.165) is 6.42 Å². The summed E-state index contributed by atoms with van der Waals surface area (Å²) in [5, 5.41) is 9.51. The number of hydrogen-bond acceptors (Lipinski definition) is 4. The zero-order valence-electron chi connectivity index (χ0n) is 11.2. The van der Waals surface area contributed by atoms with E-state index in [4.69, 9.17) is 0 Å². The van der Waals surface area contributed by atoms with Crippen LogP contribution >= 0.6 is 0 Å². The van der Waals surface area contributed by atoms with Crippen LogP contribution in [-0.2, 0) is 11.2 Å². The highest BCUT2D eigenvalue weighted by molar-refractivity contribution is 5.84. The van der Waals surface area contributed by atoms with Gasteiger partial charge in [-0.25, -0.2) is 19.2 Å². The third kappa shape index (κ3) is 2.05. The van der Waals surface area contributed by atoms with E-state index in [9.17, 15) is 14.3 Å². The van der Waals surface area contributed by atoms with Crippen molar-refractivity contribution in [2.24, 2.45) is 0 Å². The molecule has 0 amide bonds. The van der Waals surface area contributed by atoms with Crippen LogP contribution in [0.4, 0.5) is 10.2 Å². The Kier molecular flexibility index (Phi) is 3.68. The van der Waals surface area contributed by atoms with Crippen molar-refractivity contribution in [1.29, 1.82) is 0 Å². The molecule has 1 saturated heterocycles. The van der Waals surface area contributed by atoms with Gasteiger partial charge in [-0.2, -0.15) is 0 Å². The smallest absolute Gasteiger partial charge is 0.329 e. The van der Waals surface area contributed by atoms with E-state index in [-0.39, 0.29) is 5.82 Å². The summed E-state index contributed by atoms with van der Waals surface area (Å²) in [6, 6.07) is 0. The summed E-state index contributed by atoms with van der Waals surface area (Å²) in [6.45, 7) is 4.13. The Bertz CT molecular complexity index is 495. The van der Waals surface area contributed by atoms with E-state index in [2.05, 4.69) is 9.97 Å². The van der Waals surface area contributed by atoms with E-state index in [1.54, 1.807) is 4.90 Å². The molecule has 6 heteroatoms. The fourth-order valence-electron chi connectivity index (χ4n) is 2.76. The van der Waals surface area contributed by atoms with E-state index < -0.39 is 17.3 Å². The third-order valence-corrected chi connectivity index (χ3v) is 3.91. The molecule has 104 valence electrons. The molecule has 0 aromatic carbocycles. The fraction of sp³-hybridized carbons (Fsp3) is 0.615.